The topological polar surface area (TPSA) is 52.6 Å². The van der Waals surface area contributed by atoms with E-state index in [0.717, 1.165) is 5.56 Å². The van der Waals surface area contributed by atoms with Crippen LogP contribution in [0.2, 0.25) is 0 Å². The van der Waals surface area contributed by atoms with Gasteiger partial charge in [-0.1, -0.05) is 24.3 Å². The molecule has 0 spiro atoms. The zero-order valence-electron chi connectivity index (χ0n) is 12.5. The Bertz CT molecular complexity index is 720. The molecule has 118 valence electrons. The van der Waals surface area contributed by atoms with Crippen molar-refractivity contribution in [2.45, 2.75) is 6.42 Å². The van der Waals surface area contributed by atoms with Crippen LogP contribution in [-0.2, 0) is 20.7 Å². The van der Waals surface area contributed by atoms with Crippen LogP contribution in [0, 0.1) is 5.82 Å². The summed E-state index contributed by atoms with van der Waals surface area (Å²) in [5.41, 5.74) is 1.32. The molecule has 23 heavy (non-hydrogen) atoms. The second-order valence-corrected chi connectivity index (χ2v) is 4.71. The molecule has 0 amide bonds. The molecule has 0 aromatic heterocycles. The highest BCUT2D eigenvalue weighted by atomic mass is 19.1. The average Bonchev–Trinajstić information content (AvgIpc) is 2.55. The SMILES string of the molecule is COC(=O)Cc1ccc(OC(=O)/C=C/c2cccc(F)c2)cc1. The van der Waals surface area contributed by atoms with Crippen molar-refractivity contribution in [1.29, 1.82) is 0 Å². The standard InChI is InChI=1S/C18H15FO4/c1-22-18(21)12-14-5-8-16(9-6-14)23-17(20)10-7-13-3-2-4-15(19)11-13/h2-11H,12H2,1H3/b10-7+. The minimum atomic E-state index is -0.574. The molecule has 0 aliphatic carbocycles. The maximum absolute atomic E-state index is 13.0. The minimum Gasteiger partial charge on any atom is -0.469 e. The Morgan fingerprint density at radius 1 is 1.13 bits per heavy atom. The molecule has 0 radical (unpaired) electrons. The summed E-state index contributed by atoms with van der Waals surface area (Å²) < 4.78 is 22.7. The van der Waals surface area contributed by atoms with Gasteiger partial charge in [-0.2, -0.15) is 0 Å². The first-order chi connectivity index (χ1) is 11.1. The van der Waals surface area contributed by atoms with Crippen LogP contribution in [0.4, 0.5) is 4.39 Å². The fourth-order valence-electron chi connectivity index (χ4n) is 1.84. The minimum absolute atomic E-state index is 0.157. The highest BCUT2D eigenvalue weighted by Gasteiger charge is 2.04. The Morgan fingerprint density at radius 3 is 2.52 bits per heavy atom. The number of carbonyl (C=O) groups excluding carboxylic acids is 2. The number of ether oxygens (including phenoxy) is 2. The molecular weight excluding hydrogens is 299 g/mol. The second kappa shape index (κ2) is 7.89. The highest BCUT2D eigenvalue weighted by Crippen LogP contribution is 2.14. The molecule has 0 unspecified atom stereocenters. The zero-order valence-corrected chi connectivity index (χ0v) is 12.5. The van der Waals surface area contributed by atoms with Gasteiger partial charge < -0.3 is 9.47 Å². The normalized spacial score (nSPS) is 10.5. The van der Waals surface area contributed by atoms with Gasteiger partial charge in [0.05, 0.1) is 13.5 Å². The van der Waals surface area contributed by atoms with E-state index < -0.39 is 5.97 Å². The Kier molecular flexibility index (Phi) is 5.63. The molecule has 5 heteroatoms. The number of methoxy groups -OCH3 is 1. The third-order valence-corrected chi connectivity index (χ3v) is 2.98. The van der Waals surface area contributed by atoms with Gasteiger partial charge in [0.15, 0.2) is 0 Å². The second-order valence-electron chi connectivity index (χ2n) is 4.71. The summed E-state index contributed by atoms with van der Waals surface area (Å²) in [4.78, 5) is 22.8. The van der Waals surface area contributed by atoms with E-state index in [1.54, 1.807) is 36.4 Å². The molecule has 4 nitrogen and oxygen atoms in total. The van der Waals surface area contributed by atoms with Crippen LogP contribution in [-0.4, -0.2) is 19.0 Å². The summed E-state index contributed by atoms with van der Waals surface area (Å²) in [6.07, 6.45) is 2.85. The number of benzene rings is 2. The summed E-state index contributed by atoms with van der Waals surface area (Å²) in [5, 5.41) is 0. The quantitative estimate of drug-likeness (QED) is 0.483. The van der Waals surface area contributed by atoms with Crippen LogP contribution in [0.3, 0.4) is 0 Å². The molecule has 0 bridgehead atoms. The summed E-state index contributed by atoms with van der Waals surface area (Å²) in [5.74, 6) is -0.933. The maximum Gasteiger partial charge on any atom is 0.336 e. The molecule has 0 fully saturated rings. The maximum atomic E-state index is 13.0. The van der Waals surface area contributed by atoms with Crippen LogP contribution in [0.5, 0.6) is 5.75 Å². The van der Waals surface area contributed by atoms with E-state index in [2.05, 4.69) is 4.74 Å². The Morgan fingerprint density at radius 2 is 1.87 bits per heavy atom. The van der Waals surface area contributed by atoms with Crippen LogP contribution >= 0.6 is 0 Å². The fourth-order valence-corrected chi connectivity index (χ4v) is 1.84. The van der Waals surface area contributed by atoms with Gasteiger partial charge in [0.1, 0.15) is 11.6 Å². The number of hydrogen-bond donors (Lipinski definition) is 0. The molecule has 0 atom stereocenters. The lowest BCUT2D eigenvalue weighted by Crippen LogP contribution is -2.05. The van der Waals surface area contributed by atoms with E-state index in [4.69, 9.17) is 4.74 Å². The van der Waals surface area contributed by atoms with Gasteiger partial charge >= 0.3 is 11.9 Å². The highest BCUT2D eigenvalue weighted by molar-refractivity contribution is 5.88. The van der Waals surface area contributed by atoms with Crippen LogP contribution < -0.4 is 4.74 Å². The van der Waals surface area contributed by atoms with Gasteiger partial charge in [0, 0.05) is 6.08 Å². The monoisotopic (exact) mass is 314 g/mol. The predicted octanol–water partition coefficient (Wildman–Crippen LogP) is 3.16. The lowest BCUT2D eigenvalue weighted by molar-refractivity contribution is -0.139. The number of rotatable bonds is 5. The lowest BCUT2D eigenvalue weighted by Gasteiger charge is -2.03. The van der Waals surface area contributed by atoms with Gasteiger partial charge in [-0.05, 0) is 41.5 Å². The van der Waals surface area contributed by atoms with Crippen molar-refractivity contribution >= 4 is 18.0 Å². The zero-order chi connectivity index (χ0) is 16.7. The van der Waals surface area contributed by atoms with Crippen molar-refractivity contribution in [2.75, 3.05) is 7.11 Å². The van der Waals surface area contributed by atoms with Crippen LogP contribution in [0.1, 0.15) is 11.1 Å². The molecule has 0 saturated heterocycles. The van der Waals surface area contributed by atoms with E-state index in [9.17, 15) is 14.0 Å². The fraction of sp³-hybridized carbons (Fsp3) is 0.111. The first-order valence-corrected chi connectivity index (χ1v) is 6.88. The van der Waals surface area contributed by atoms with Gasteiger partial charge in [0.2, 0.25) is 0 Å². The number of hydrogen-bond acceptors (Lipinski definition) is 4. The third kappa shape index (κ3) is 5.39. The summed E-state index contributed by atoms with van der Waals surface area (Å²) in [6.45, 7) is 0. The summed E-state index contributed by atoms with van der Waals surface area (Å²) in [6, 6.07) is 12.4. The van der Waals surface area contributed by atoms with Crippen molar-refractivity contribution in [2.24, 2.45) is 0 Å². The van der Waals surface area contributed by atoms with Gasteiger partial charge in [-0.15, -0.1) is 0 Å². The molecule has 0 heterocycles. The van der Waals surface area contributed by atoms with E-state index in [0.29, 0.717) is 11.3 Å². The third-order valence-electron chi connectivity index (χ3n) is 2.98. The van der Waals surface area contributed by atoms with Crippen molar-refractivity contribution < 1.29 is 23.5 Å². The Hall–Kier alpha value is -2.95. The molecule has 0 saturated carbocycles. The van der Waals surface area contributed by atoms with E-state index in [1.807, 2.05) is 0 Å². The first-order valence-electron chi connectivity index (χ1n) is 6.88. The molecule has 2 rings (SSSR count). The number of carbonyl (C=O) groups is 2. The van der Waals surface area contributed by atoms with Crippen LogP contribution in [0.25, 0.3) is 6.08 Å². The Labute approximate surface area is 133 Å². The van der Waals surface area contributed by atoms with E-state index in [-0.39, 0.29) is 18.2 Å². The predicted molar refractivity (Wildman–Crippen MR) is 83.2 cm³/mol. The smallest absolute Gasteiger partial charge is 0.336 e. The molecule has 0 aliphatic rings. The number of esters is 2. The van der Waals surface area contributed by atoms with Crippen molar-refractivity contribution in [3.8, 4) is 5.75 Å². The first kappa shape index (κ1) is 16.4. The number of halogens is 1. The lowest BCUT2D eigenvalue weighted by atomic mass is 10.1. The van der Waals surface area contributed by atoms with E-state index in [1.165, 1.54) is 31.4 Å². The Balaban J connectivity index is 1.93. The van der Waals surface area contributed by atoms with Crippen molar-refractivity contribution in [3.05, 3.63) is 71.6 Å². The molecule has 0 aliphatic heterocycles. The van der Waals surface area contributed by atoms with Gasteiger partial charge in [-0.25, -0.2) is 9.18 Å². The van der Waals surface area contributed by atoms with Crippen molar-refractivity contribution in [1.82, 2.24) is 0 Å². The molecule has 2 aromatic rings. The van der Waals surface area contributed by atoms with E-state index >= 15 is 0 Å². The van der Waals surface area contributed by atoms with Gasteiger partial charge in [0.25, 0.3) is 0 Å². The summed E-state index contributed by atoms with van der Waals surface area (Å²) >= 11 is 0. The van der Waals surface area contributed by atoms with Gasteiger partial charge in [-0.3, -0.25) is 4.79 Å². The van der Waals surface area contributed by atoms with Crippen LogP contribution in [0.15, 0.2) is 54.6 Å². The largest absolute Gasteiger partial charge is 0.469 e. The van der Waals surface area contributed by atoms with Crippen molar-refractivity contribution in [3.63, 3.8) is 0 Å². The molecule has 2 aromatic carbocycles. The summed E-state index contributed by atoms with van der Waals surface area (Å²) in [7, 11) is 1.32. The average molecular weight is 314 g/mol. The molecule has 0 N–H and O–H groups in total. The molecular formula is C18H15FO4.